The van der Waals surface area contributed by atoms with Crippen LogP contribution in [0, 0.1) is 18.3 Å². The molecule has 0 atom stereocenters. The summed E-state index contributed by atoms with van der Waals surface area (Å²) in [5, 5.41) is 18.1. The van der Waals surface area contributed by atoms with E-state index >= 15 is 0 Å². The van der Waals surface area contributed by atoms with Crippen molar-refractivity contribution >= 4 is 45.8 Å². The van der Waals surface area contributed by atoms with Crippen LogP contribution in [0.3, 0.4) is 0 Å². The van der Waals surface area contributed by atoms with E-state index in [1.54, 1.807) is 6.20 Å². The van der Waals surface area contributed by atoms with E-state index < -0.39 is 0 Å². The molecule has 42 heavy (non-hydrogen) atoms. The van der Waals surface area contributed by atoms with Crippen molar-refractivity contribution in [3.63, 3.8) is 0 Å². The molecule has 9 nitrogen and oxygen atoms in total. The predicted molar refractivity (Wildman–Crippen MR) is 168 cm³/mol. The summed E-state index contributed by atoms with van der Waals surface area (Å²) in [6.07, 6.45) is 7.34. The number of carbonyl (C=O) groups excluding carboxylic acids is 1. The van der Waals surface area contributed by atoms with E-state index in [1.807, 2.05) is 11.0 Å². The van der Waals surface area contributed by atoms with Crippen molar-refractivity contribution in [2.75, 3.05) is 51.3 Å². The van der Waals surface area contributed by atoms with Gasteiger partial charge in [-0.2, -0.15) is 10.2 Å². The number of aromatic amines is 1. The summed E-state index contributed by atoms with van der Waals surface area (Å²) in [6.45, 7) is 16.3. The van der Waals surface area contributed by atoms with Crippen LogP contribution < -0.4 is 5.32 Å². The molecule has 3 aromatic rings. The molecular weight excluding hydrogens is 573 g/mol. The quantitative estimate of drug-likeness (QED) is 0.275. The van der Waals surface area contributed by atoms with E-state index in [-0.39, 0.29) is 17.4 Å². The second-order valence-corrected chi connectivity index (χ2v) is 13.5. The van der Waals surface area contributed by atoms with Crippen LogP contribution >= 0.6 is 23.2 Å². The van der Waals surface area contributed by atoms with Crippen LogP contribution in [0.25, 0.3) is 22.0 Å². The third-order valence-electron chi connectivity index (χ3n) is 9.26. The highest BCUT2D eigenvalue weighted by atomic mass is 35.5. The molecule has 226 valence electrons. The molecule has 1 aliphatic carbocycles. The molecule has 2 aliphatic heterocycles. The number of carbonyl (C=O) groups is 1. The SMILES string of the molecule is C=CC(=O)N1CC2(CC(n3nc(NCCN(CC(C)C)C4CCOCC4)c(-c4c(Cl)c(Cl)cc5[nH]ncc45)c3C)C2)C1. The van der Waals surface area contributed by atoms with Gasteiger partial charge < -0.3 is 15.0 Å². The predicted octanol–water partition coefficient (Wildman–Crippen LogP) is 5.94. The van der Waals surface area contributed by atoms with Crippen LogP contribution in [0.5, 0.6) is 0 Å². The Hall–Kier alpha value is -2.59. The zero-order chi connectivity index (χ0) is 29.6. The van der Waals surface area contributed by atoms with Gasteiger partial charge in [0.25, 0.3) is 0 Å². The van der Waals surface area contributed by atoms with Gasteiger partial charge >= 0.3 is 0 Å². The Morgan fingerprint density at radius 1 is 1.29 bits per heavy atom. The number of rotatable bonds is 10. The molecule has 1 spiro atoms. The maximum absolute atomic E-state index is 12.0. The Labute approximate surface area is 257 Å². The molecule has 1 amide bonds. The number of likely N-dealkylation sites (tertiary alicyclic amines) is 1. The first-order chi connectivity index (χ1) is 20.2. The van der Waals surface area contributed by atoms with E-state index in [1.165, 1.54) is 6.08 Å². The van der Waals surface area contributed by atoms with Crippen LogP contribution in [0.1, 0.15) is 51.3 Å². The maximum Gasteiger partial charge on any atom is 0.245 e. The molecule has 4 heterocycles. The molecule has 6 rings (SSSR count). The number of anilines is 1. The van der Waals surface area contributed by atoms with Crippen LogP contribution in [0.15, 0.2) is 24.9 Å². The highest BCUT2D eigenvalue weighted by Crippen LogP contribution is 2.55. The average Bonchev–Trinajstić information content (AvgIpc) is 3.51. The number of ether oxygens (including phenoxy) is 1. The summed E-state index contributed by atoms with van der Waals surface area (Å²) in [6, 6.07) is 2.62. The number of hydrogen-bond donors (Lipinski definition) is 2. The van der Waals surface area contributed by atoms with Gasteiger partial charge in [-0.1, -0.05) is 43.6 Å². The molecular formula is C31H41Cl2N7O2. The molecule has 0 unspecified atom stereocenters. The topological polar surface area (TPSA) is 91.3 Å². The number of halogens is 2. The van der Waals surface area contributed by atoms with Crippen LogP contribution in [0.2, 0.25) is 10.0 Å². The number of hydrogen-bond acceptors (Lipinski definition) is 6. The van der Waals surface area contributed by atoms with Crippen molar-refractivity contribution in [3.8, 4) is 11.1 Å². The lowest BCUT2D eigenvalue weighted by molar-refractivity contribution is -0.149. The van der Waals surface area contributed by atoms with Crippen LogP contribution in [0.4, 0.5) is 5.82 Å². The number of aromatic nitrogens is 4. The van der Waals surface area contributed by atoms with Gasteiger partial charge in [0.05, 0.1) is 27.8 Å². The molecule has 3 aliphatic rings. The van der Waals surface area contributed by atoms with E-state index in [9.17, 15) is 4.79 Å². The minimum Gasteiger partial charge on any atom is -0.381 e. The molecule has 0 bridgehead atoms. The molecule has 2 saturated heterocycles. The van der Waals surface area contributed by atoms with Gasteiger partial charge in [0.15, 0.2) is 5.82 Å². The molecule has 0 radical (unpaired) electrons. The Morgan fingerprint density at radius 2 is 2.02 bits per heavy atom. The van der Waals surface area contributed by atoms with Crippen molar-refractivity contribution in [1.82, 2.24) is 29.8 Å². The van der Waals surface area contributed by atoms with E-state index in [0.717, 1.165) is 105 Å². The fourth-order valence-electron chi connectivity index (χ4n) is 7.25. The summed E-state index contributed by atoms with van der Waals surface area (Å²) in [5.41, 5.74) is 3.88. The van der Waals surface area contributed by atoms with Crippen molar-refractivity contribution in [2.45, 2.75) is 58.5 Å². The van der Waals surface area contributed by atoms with Gasteiger partial charge in [-0.15, -0.1) is 0 Å². The number of amides is 1. The summed E-state index contributed by atoms with van der Waals surface area (Å²) in [7, 11) is 0. The zero-order valence-corrected chi connectivity index (χ0v) is 26.3. The van der Waals surface area contributed by atoms with Crippen molar-refractivity contribution in [1.29, 1.82) is 0 Å². The lowest BCUT2D eigenvalue weighted by atomic mass is 9.60. The monoisotopic (exact) mass is 613 g/mol. The third kappa shape index (κ3) is 5.45. The van der Waals surface area contributed by atoms with Gasteiger partial charge in [0.1, 0.15) is 0 Å². The Morgan fingerprint density at radius 3 is 2.71 bits per heavy atom. The lowest BCUT2D eigenvalue weighted by Gasteiger charge is -2.58. The van der Waals surface area contributed by atoms with Crippen molar-refractivity contribution in [3.05, 3.63) is 40.7 Å². The van der Waals surface area contributed by atoms with Crippen molar-refractivity contribution < 1.29 is 9.53 Å². The zero-order valence-electron chi connectivity index (χ0n) is 24.8. The number of nitrogens with zero attached hydrogens (tertiary/aromatic N) is 5. The smallest absolute Gasteiger partial charge is 0.245 e. The molecule has 1 saturated carbocycles. The standard InChI is InChI=1S/C31H41Cl2N7O2/c1-5-26(41)39-17-31(18-39)13-22(14-31)40-20(4)27(28-23-15-35-36-25(23)12-24(32)29(28)33)30(37-40)34-8-9-38(16-19(2)3)21-6-10-42-11-7-21/h5,12,15,19,21-22H,1,6-11,13-14,16-18H2,2-4H3,(H,34,37)(H,35,36). The normalized spacial score (nSPS) is 19.1. The number of benzene rings is 1. The van der Waals surface area contributed by atoms with Crippen LogP contribution in [-0.2, 0) is 9.53 Å². The summed E-state index contributed by atoms with van der Waals surface area (Å²) >= 11 is 13.5. The number of fused-ring (bicyclic) bond motifs is 1. The Balaban J connectivity index is 1.28. The number of nitrogens with one attached hydrogen (secondary N) is 2. The van der Waals surface area contributed by atoms with Gasteiger partial charge in [0, 0.05) is 79.6 Å². The first kappa shape index (κ1) is 29.5. The molecule has 3 fully saturated rings. The molecule has 2 aromatic heterocycles. The summed E-state index contributed by atoms with van der Waals surface area (Å²) < 4.78 is 7.80. The minimum atomic E-state index is 0.0140. The summed E-state index contributed by atoms with van der Waals surface area (Å²) in [4.78, 5) is 16.5. The van der Waals surface area contributed by atoms with Crippen molar-refractivity contribution in [2.24, 2.45) is 11.3 Å². The number of H-pyrrole nitrogens is 1. The summed E-state index contributed by atoms with van der Waals surface area (Å²) in [5.74, 6) is 1.41. The fraction of sp³-hybridized carbons (Fsp3) is 0.581. The lowest BCUT2D eigenvalue weighted by Crippen LogP contribution is -2.63. The highest BCUT2D eigenvalue weighted by Gasteiger charge is 2.54. The van der Waals surface area contributed by atoms with Gasteiger partial charge in [-0.05, 0) is 50.7 Å². The second kappa shape index (κ2) is 11.8. The van der Waals surface area contributed by atoms with Gasteiger partial charge in [-0.3, -0.25) is 19.5 Å². The average molecular weight is 615 g/mol. The molecule has 1 aromatic carbocycles. The Bertz CT molecular complexity index is 1460. The fourth-order valence-corrected chi connectivity index (χ4v) is 7.71. The first-order valence-corrected chi connectivity index (χ1v) is 15.8. The van der Waals surface area contributed by atoms with Crippen LogP contribution in [-0.4, -0.2) is 87.7 Å². The minimum absolute atomic E-state index is 0.0140. The molecule has 11 heteroatoms. The van der Waals surface area contributed by atoms with Gasteiger partial charge in [0.2, 0.25) is 5.91 Å². The van der Waals surface area contributed by atoms with E-state index in [4.69, 9.17) is 33.0 Å². The largest absolute Gasteiger partial charge is 0.381 e. The Kier molecular flexibility index (Phi) is 8.30. The molecule has 2 N–H and O–H groups in total. The second-order valence-electron chi connectivity index (χ2n) is 12.8. The van der Waals surface area contributed by atoms with E-state index in [0.29, 0.717) is 22.0 Å². The third-order valence-corrected chi connectivity index (χ3v) is 10.0. The first-order valence-electron chi connectivity index (χ1n) is 15.1. The van der Waals surface area contributed by atoms with Gasteiger partial charge in [-0.25, -0.2) is 0 Å². The highest BCUT2D eigenvalue weighted by molar-refractivity contribution is 6.45. The maximum atomic E-state index is 12.0. The van der Waals surface area contributed by atoms with E-state index in [2.05, 4.69) is 52.4 Å².